The summed E-state index contributed by atoms with van der Waals surface area (Å²) in [5.41, 5.74) is 9.06. The highest BCUT2D eigenvalue weighted by Gasteiger charge is 2.18. The minimum Gasteiger partial charge on any atom is -0.372 e. The van der Waals surface area contributed by atoms with Crippen LogP contribution in [0.4, 0.5) is 0 Å². The second-order valence-electron chi connectivity index (χ2n) is 10.2. The Bertz CT molecular complexity index is 864. The van der Waals surface area contributed by atoms with Gasteiger partial charge in [0.05, 0.1) is 11.7 Å². The molecule has 0 fully saturated rings. The van der Waals surface area contributed by atoms with E-state index in [-0.39, 0.29) is 11.3 Å². The van der Waals surface area contributed by atoms with Crippen molar-refractivity contribution in [2.75, 3.05) is 13.7 Å². The van der Waals surface area contributed by atoms with Gasteiger partial charge in [-0.05, 0) is 78.7 Å². The lowest BCUT2D eigenvalue weighted by Gasteiger charge is -2.28. The Morgan fingerprint density at radius 2 is 1.26 bits per heavy atom. The third-order valence-corrected chi connectivity index (χ3v) is 6.20. The molecule has 9 heteroatoms. The molecule has 3 unspecified atom stereocenters. The van der Waals surface area contributed by atoms with Crippen molar-refractivity contribution in [1.82, 2.24) is 5.43 Å². The van der Waals surface area contributed by atoms with E-state index in [0.717, 1.165) is 19.3 Å². The van der Waals surface area contributed by atoms with Crippen LogP contribution in [0.5, 0.6) is 0 Å². The first-order chi connectivity index (χ1) is 22.0. The van der Waals surface area contributed by atoms with Crippen molar-refractivity contribution in [2.45, 2.75) is 111 Å². The second kappa shape index (κ2) is 46.4. The molecule has 3 atom stereocenters. The number of carbonyl (C=O) groups excluding carboxylic acids is 4. The number of hydrazine groups is 1. The minimum absolute atomic E-state index is 0.0484. The third kappa shape index (κ3) is 47.9. The summed E-state index contributed by atoms with van der Waals surface area (Å²) in [5.74, 6) is 4.72. The number of Topliss-reactive ketones (excluding diaryl/α,β-unsaturated/α-hetero) is 1. The van der Waals surface area contributed by atoms with Crippen molar-refractivity contribution in [2.24, 2.45) is 11.6 Å². The smallest absolute Gasteiger partial charge is 0.221 e. The molecule has 2 aromatic rings. The second-order valence-corrected chi connectivity index (χ2v) is 11.5. The largest absolute Gasteiger partial charge is 0.372 e. The van der Waals surface area contributed by atoms with E-state index in [1.807, 2.05) is 38.7 Å². The summed E-state index contributed by atoms with van der Waals surface area (Å²) < 4.78 is 6.14. The van der Waals surface area contributed by atoms with E-state index in [0.29, 0.717) is 26.9 Å². The number of ketones is 1. The lowest BCUT2D eigenvalue weighted by atomic mass is 10.0. The van der Waals surface area contributed by atoms with Crippen LogP contribution >= 0.6 is 8.58 Å². The fraction of sp³-hybridized carbons (Fsp3) is 0.514. The van der Waals surface area contributed by atoms with Gasteiger partial charge in [-0.15, -0.1) is 15.2 Å². The van der Waals surface area contributed by atoms with Gasteiger partial charge in [-0.1, -0.05) is 107 Å². The highest BCUT2D eigenvalue weighted by Crippen LogP contribution is 2.20. The molecule has 1 amide bonds. The van der Waals surface area contributed by atoms with Gasteiger partial charge in [0.25, 0.3) is 0 Å². The van der Waals surface area contributed by atoms with Crippen LogP contribution < -0.4 is 17.0 Å². The van der Waals surface area contributed by atoms with E-state index in [4.69, 9.17) is 19.1 Å². The average Bonchev–Trinajstić information content (AvgIpc) is 3.06. The minimum atomic E-state index is -0.0484. The Labute approximate surface area is 284 Å². The molecule has 0 saturated carbocycles. The van der Waals surface area contributed by atoms with Gasteiger partial charge in [0.2, 0.25) is 6.41 Å². The standard InChI is InChI=1S/C16H26O.C11H15OP.C3H8.C3H6.CH4N2O.CH5N.2CH2O/c1-5-6-12-15(17-16(2,3)4)13-14-10-8-7-9-11-14;1-9(12)11(13-2)8-10-6-4-3-5-7-10;2*1-3-2;2-3-1-4;3*1-2/h7-11,15H,5-6,12-13H2,1-4H3;3-7,11,13H,8H2,1-2H3;3H2,1-2H3;3H,1H2,2H3;1H,2H2,(H,3,4);2H2,1H3;2*1H2. The Morgan fingerprint density at radius 3 is 1.52 bits per heavy atom. The fourth-order valence-corrected chi connectivity index (χ4v) is 4.16. The lowest BCUT2D eigenvalue weighted by Crippen LogP contribution is -2.29. The van der Waals surface area contributed by atoms with E-state index >= 15 is 0 Å². The van der Waals surface area contributed by atoms with Gasteiger partial charge < -0.3 is 20.1 Å². The van der Waals surface area contributed by atoms with Gasteiger partial charge in [0.15, 0.2) is 0 Å². The van der Waals surface area contributed by atoms with Crippen molar-refractivity contribution >= 4 is 34.4 Å². The molecule has 0 aliphatic carbocycles. The molecule has 0 heterocycles. The van der Waals surface area contributed by atoms with Crippen LogP contribution in [0.1, 0.15) is 92.2 Å². The number of nitrogens with one attached hydrogen (secondary N) is 1. The summed E-state index contributed by atoms with van der Waals surface area (Å²) in [6.07, 6.45) is 9.30. The van der Waals surface area contributed by atoms with Crippen molar-refractivity contribution < 1.29 is 23.9 Å². The molecule has 8 nitrogen and oxygen atoms in total. The van der Waals surface area contributed by atoms with E-state index in [1.165, 1.54) is 37.4 Å². The van der Waals surface area contributed by atoms with E-state index in [2.05, 4.69) is 109 Å². The maximum absolute atomic E-state index is 11.2. The van der Waals surface area contributed by atoms with Gasteiger partial charge in [0.1, 0.15) is 19.4 Å². The Morgan fingerprint density at radius 1 is 0.913 bits per heavy atom. The molecule has 0 aliphatic rings. The number of nitrogens with two attached hydrogens (primary N) is 2. The number of amides is 1. The van der Waals surface area contributed by atoms with Crippen LogP contribution in [0.3, 0.4) is 0 Å². The van der Waals surface area contributed by atoms with Crippen LogP contribution in [-0.4, -0.2) is 56.8 Å². The zero-order valence-electron chi connectivity index (χ0n) is 30.6. The average molecular weight is 666 g/mol. The summed E-state index contributed by atoms with van der Waals surface area (Å²) in [4.78, 5) is 36.1. The number of unbranched alkanes of at least 4 members (excludes halogenated alkanes) is 1. The molecule has 0 aromatic heterocycles. The molecule has 2 rings (SSSR count). The number of rotatable bonds is 11. The van der Waals surface area contributed by atoms with Gasteiger partial charge in [-0.25, -0.2) is 5.84 Å². The zero-order chi connectivity index (χ0) is 37.2. The number of ether oxygens (including phenoxy) is 1. The molecule has 0 radical (unpaired) electrons. The molecule has 0 saturated heterocycles. The molecular formula is C37H68N3O5P. The first kappa shape index (κ1) is 55.4. The van der Waals surface area contributed by atoms with Crippen LogP contribution in [0.25, 0.3) is 0 Å². The summed E-state index contributed by atoms with van der Waals surface area (Å²) in [6.45, 7) is 25.9. The summed E-state index contributed by atoms with van der Waals surface area (Å²) >= 11 is 0. The van der Waals surface area contributed by atoms with Crippen molar-refractivity contribution in [3.8, 4) is 0 Å². The fourth-order valence-electron chi connectivity index (χ4n) is 3.31. The predicted molar refractivity (Wildman–Crippen MR) is 203 cm³/mol. The van der Waals surface area contributed by atoms with Gasteiger partial charge in [-0.2, -0.15) is 0 Å². The molecule has 0 spiro atoms. The van der Waals surface area contributed by atoms with Crippen LogP contribution in [0, 0.1) is 0 Å². The lowest BCUT2D eigenvalue weighted by molar-refractivity contribution is -0.116. The topological polar surface area (TPSA) is 142 Å². The number of hydrogen-bond donors (Lipinski definition) is 3. The number of hydrogen-bond acceptors (Lipinski definition) is 7. The predicted octanol–water partition coefficient (Wildman–Crippen LogP) is 7.52. The molecule has 5 N–H and O–H groups in total. The first-order valence-corrected chi connectivity index (χ1v) is 17.1. The molecule has 266 valence electrons. The summed E-state index contributed by atoms with van der Waals surface area (Å²) in [7, 11) is 2.21. The van der Waals surface area contributed by atoms with Crippen LogP contribution in [0.2, 0.25) is 0 Å². The van der Waals surface area contributed by atoms with Crippen molar-refractivity contribution in [3.05, 3.63) is 84.4 Å². The summed E-state index contributed by atoms with van der Waals surface area (Å²) in [6, 6.07) is 20.8. The Kier molecular flexibility index (Phi) is 55.8. The quantitative estimate of drug-likeness (QED) is 0.0563. The SMILES string of the molecule is C=CC.C=O.C=O.CCC.CCCCC(Cc1ccccc1)OC(C)(C)C.CN.CPC(Cc1ccccc1)C(C)=O.NNC=O. The van der Waals surface area contributed by atoms with E-state index in [1.54, 1.807) is 18.4 Å². The van der Waals surface area contributed by atoms with Crippen molar-refractivity contribution in [1.29, 1.82) is 0 Å². The first-order valence-electron chi connectivity index (χ1n) is 15.5. The molecule has 0 bridgehead atoms. The van der Waals surface area contributed by atoms with E-state index < -0.39 is 0 Å². The number of benzene rings is 2. The van der Waals surface area contributed by atoms with Crippen LogP contribution in [-0.2, 0) is 36.8 Å². The maximum atomic E-state index is 11.2. The maximum Gasteiger partial charge on any atom is 0.221 e. The highest BCUT2D eigenvalue weighted by molar-refractivity contribution is 7.39. The Hall–Kier alpha value is -3.03. The van der Waals surface area contributed by atoms with E-state index in [9.17, 15) is 4.79 Å². The zero-order valence-corrected chi connectivity index (χ0v) is 31.6. The molecule has 2 aromatic carbocycles. The van der Waals surface area contributed by atoms with Gasteiger partial charge >= 0.3 is 0 Å². The molecular weight excluding hydrogens is 597 g/mol. The van der Waals surface area contributed by atoms with Crippen molar-refractivity contribution in [3.63, 3.8) is 0 Å². The van der Waals surface area contributed by atoms with Crippen LogP contribution in [0.15, 0.2) is 73.3 Å². The third-order valence-electron chi connectivity index (χ3n) is 4.90. The Balaban J connectivity index is -0.000000121. The van der Waals surface area contributed by atoms with Gasteiger partial charge in [-0.3, -0.25) is 15.0 Å². The molecule has 46 heavy (non-hydrogen) atoms. The molecule has 0 aliphatic heterocycles. The number of carbonyl (C=O) groups is 4. The highest BCUT2D eigenvalue weighted by atomic mass is 31.1. The monoisotopic (exact) mass is 665 g/mol. The number of allylic oxidation sites excluding steroid dienone is 1. The van der Waals surface area contributed by atoms with Gasteiger partial charge in [0, 0.05) is 5.66 Å². The summed E-state index contributed by atoms with van der Waals surface area (Å²) in [5, 5.41) is 0. The normalized spacial score (nSPS) is 10.3.